The molecule has 0 aliphatic carbocycles. The highest BCUT2D eigenvalue weighted by Gasteiger charge is 2.24. The molecule has 154 valence electrons. The minimum absolute atomic E-state index is 0.132. The summed E-state index contributed by atoms with van der Waals surface area (Å²) in [7, 11) is 0. The van der Waals surface area contributed by atoms with Gasteiger partial charge in [0.15, 0.2) is 0 Å². The maximum absolute atomic E-state index is 5.04. The quantitative estimate of drug-likeness (QED) is 0.361. The molecule has 0 saturated carbocycles. The second kappa shape index (κ2) is 7.78. The lowest BCUT2D eigenvalue weighted by molar-refractivity contribution is 0.403. The van der Waals surface area contributed by atoms with Crippen LogP contribution in [0.2, 0.25) is 0 Å². The van der Waals surface area contributed by atoms with Crippen molar-refractivity contribution in [2.75, 3.05) is 0 Å². The first-order valence-electron chi connectivity index (χ1n) is 10.7. The Kier molecular flexibility index (Phi) is 4.50. The minimum atomic E-state index is -0.132. The van der Waals surface area contributed by atoms with E-state index in [4.69, 9.17) is 4.98 Å². The number of para-hydroxylation sites is 3. The summed E-state index contributed by atoms with van der Waals surface area (Å²) < 4.78 is 4.34. The summed E-state index contributed by atoms with van der Waals surface area (Å²) in [5.41, 5.74) is 6.24. The fourth-order valence-corrected chi connectivity index (χ4v) is 4.36. The fraction of sp³-hybridized carbons (Fsp3) is 0.0741. The van der Waals surface area contributed by atoms with E-state index >= 15 is 0 Å². The van der Waals surface area contributed by atoms with Crippen LogP contribution in [0.3, 0.4) is 0 Å². The first-order valence-corrected chi connectivity index (χ1v) is 10.7. The van der Waals surface area contributed by atoms with Crippen molar-refractivity contribution >= 4 is 22.1 Å². The molecule has 0 spiro atoms. The van der Waals surface area contributed by atoms with Gasteiger partial charge in [0.05, 0.1) is 16.6 Å². The van der Waals surface area contributed by atoms with Gasteiger partial charge in [-0.25, -0.2) is 9.67 Å². The summed E-state index contributed by atoms with van der Waals surface area (Å²) in [6, 6.07) is 37.3. The molecule has 1 unspecified atom stereocenters. The number of hydrogen-bond donors (Lipinski definition) is 0. The van der Waals surface area contributed by atoms with Crippen LogP contribution in [-0.2, 0) is 6.42 Å². The molecule has 0 radical (unpaired) electrons. The van der Waals surface area contributed by atoms with Crippen LogP contribution >= 0.6 is 0 Å². The van der Waals surface area contributed by atoms with Crippen LogP contribution in [0.1, 0.15) is 11.7 Å². The summed E-state index contributed by atoms with van der Waals surface area (Å²) >= 11 is 0. The number of hydrogen-bond acceptors (Lipinski definition) is 3. The molecule has 4 aromatic carbocycles. The van der Waals surface area contributed by atoms with Crippen LogP contribution in [0.15, 0.2) is 109 Å². The highest BCUT2D eigenvalue weighted by molar-refractivity contribution is 5.81. The third kappa shape index (κ3) is 3.15. The Morgan fingerprint density at radius 3 is 2.03 bits per heavy atom. The lowest BCUT2D eigenvalue weighted by atomic mass is 10.1. The monoisotopic (exact) mass is 415 g/mol. The van der Waals surface area contributed by atoms with Crippen LogP contribution < -0.4 is 0 Å². The summed E-state index contributed by atoms with van der Waals surface area (Å²) in [4.78, 5) is 5.04. The Hall–Kier alpha value is -4.25. The predicted molar refractivity (Wildman–Crippen MR) is 127 cm³/mol. The molecule has 0 bridgehead atoms. The van der Waals surface area contributed by atoms with Gasteiger partial charge in [-0.3, -0.25) is 0 Å². The molecule has 2 heterocycles. The molecule has 0 N–H and O–H groups in total. The molecule has 6 rings (SSSR count). The third-order valence-electron chi connectivity index (χ3n) is 5.85. The highest BCUT2D eigenvalue weighted by atomic mass is 15.5. The van der Waals surface area contributed by atoms with Gasteiger partial charge in [-0.15, -0.1) is 5.10 Å². The predicted octanol–water partition coefficient (Wildman–Crippen LogP) is 5.74. The topological polar surface area (TPSA) is 48.5 Å². The second-order valence-electron chi connectivity index (χ2n) is 7.85. The maximum Gasteiger partial charge on any atom is 0.142 e. The van der Waals surface area contributed by atoms with Crippen LogP contribution in [0.25, 0.3) is 33.5 Å². The van der Waals surface area contributed by atoms with Gasteiger partial charge < -0.3 is 4.57 Å². The van der Waals surface area contributed by atoms with E-state index < -0.39 is 0 Å². The Bertz CT molecular complexity index is 1500. The molecule has 2 aromatic heterocycles. The Morgan fingerprint density at radius 1 is 0.625 bits per heavy atom. The van der Waals surface area contributed by atoms with Crippen LogP contribution in [-0.4, -0.2) is 24.5 Å². The normalized spacial score (nSPS) is 12.4. The van der Waals surface area contributed by atoms with Gasteiger partial charge in [0, 0.05) is 12.0 Å². The van der Waals surface area contributed by atoms with Crippen molar-refractivity contribution in [2.24, 2.45) is 0 Å². The summed E-state index contributed by atoms with van der Waals surface area (Å²) in [6.45, 7) is 0. The van der Waals surface area contributed by atoms with Crippen LogP contribution in [0.5, 0.6) is 0 Å². The van der Waals surface area contributed by atoms with Gasteiger partial charge in [0.1, 0.15) is 17.5 Å². The molecule has 6 aromatic rings. The molecule has 0 aliphatic heterocycles. The largest absolute Gasteiger partial charge is 0.300 e. The molecule has 5 nitrogen and oxygen atoms in total. The molecular weight excluding hydrogens is 394 g/mol. The first-order chi connectivity index (χ1) is 15.9. The van der Waals surface area contributed by atoms with Gasteiger partial charge in [0.25, 0.3) is 0 Å². The van der Waals surface area contributed by atoms with Gasteiger partial charge >= 0.3 is 0 Å². The molecule has 0 fully saturated rings. The van der Waals surface area contributed by atoms with Gasteiger partial charge in [-0.05, 0) is 29.8 Å². The lowest BCUT2D eigenvalue weighted by Gasteiger charge is -2.23. The van der Waals surface area contributed by atoms with E-state index in [2.05, 4.69) is 87.7 Å². The van der Waals surface area contributed by atoms with Crippen molar-refractivity contribution in [3.63, 3.8) is 0 Å². The second-order valence-corrected chi connectivity index (χ2v) is 7.85. The van der Waals surface area contributed by atoms with Crippen LogP contribution in [0.4, 0.5) is 0 Å². The number of aromatic nitrogens is 5. The maximum atomic E-state index is 5.04. The molecule has 5 heteroatoms. The summed E-state index contributed by atoms with van der Waals surface area (Å²) in [5.74, 6) is 0.923. The highest BCUT2D eigenvalue weighted by Crippen LogP contribution is 2.32. The molecule has 32 heavy (non-hydrogen) atoms. The van der Waals surface area contributed by atoms with Crippen molar-refractivity contribution in [3.05, 3.63) is 115 Å². The molecule has 0 saturated heterocycles. The Labute approximate surface area is 185 Å². The van der Waals surface area contributed by atoms with E-state index in [9.17, 15) is 0 Å². The number of rotatable bonds is 5. The number of nitrogens with zero attached hydrogens (tertiary/aromatic N) is 5. The van der Waals surface area contributed by atoms with E-state index in [0.29, 0.717) is 0 Å². The van der Waals surface area contributed by atoms with Crippen molar-refractivity contribution < 1.29 is 0 Å². The zero-order valence-electron chi connectivity index (χ0n) is 17.4. The standard InChI is InChI=1S/C27H21N5/c1-3-11-20(12-4-1)19-26(32-25-18-10-8-16-23(25)29-30-32)31-24-17-9-7-15-22(24)28-27(31)21-13-5-2-6-14-21/h1-18,26H,19H2. The zero-order chi connectivity index (χ0) is 21.3. The van der Waals surface area contributed by atoms with E-state index in [1.165, 1.54) is 5.56 Å². The van der Waals surface area contributed by atoms with E-state index in [1.807, 2.05) is 41.1 Å². The van der Waals surface area contributed by atoms with E-state index in [-0.39, 0.29) is 6.17 Å². The van der Waals surface area contributed by atoms with Crippen LogP contribution in [0, 0.1) is 0 Å². The lowest BCUT2D eigenvalue weighted by Crippen LogP contribution is -2.23. The van der Waals surface area contributed by atoms with E-state index in [0.717, 1.165) is 39.9 Å². The SMILES string of the molecule is c1ccc(CC(n2nnc3ccccc32)n2c(-c3ccccc3)nc3ccccc32)cc1. The average Bonchev–Trinajstić information content (AvgIpc) is 3.46. The molecule has 1 atom stereocenters. The van der Waals surface area contributed by atoms with E-state index in [1.54, 1.807) is 0 Å². The Balaban J connectivity index is 1.64. The third-order valence-corrected chi connectivity index (χ3v) is 5.85. The molecule has 0 aliphatic rings. The van der Waals surface area contributed by atoms with Gasteiger partial charge in [0.2, 0.25) is 0 Å². The zero-order valence-corrected chi connectivity index (χ0v) is 17.4. The number of benzene rings is 4. The number of fused-ring (bicyclic) bond motifs is 2. The first kappa shape index (κ1) is 18.5. The smallest absolute Gasteiger partial charge is 0.142 e. The van der Waals surface area contributed by atoms with Gasteiger partial charge in [-0.2, -0.15) is 0 Å². The van der Waals surface area contributed by atoms with Crippen molar-refractivity contribution in [2.45, 2.75) is 12.6 Å². The molecule has 0 amide bonds. The summed E-state index contributed by atoms with van der Waals surface area (Å²) in [6.07, 6.45) is 0.626. The average molecular weight is 416 g/mol. The van der Waals surface area contributed by atoms with Gasteiger partial charge in [-0.1, -0.05) is 90.1 Å². The Morgan fingerprint density at radius 2 is 1.25 bits per heavy atom. The van der Waals surface area contributed by atoms with Crippen molar-refractivity contribution in [3.8, 4) is 11.4 Å². The number of imidazole rings is 1. The van der Waals surface area contributed by atoms with Crippen molar-refractivity contribution in [1.82, 2.24) is 24.5 Å². The van der Waals surface area contributed by atoms with Crippen molar-refractivity contribution in [1.29, 1.82) is 0 Å². The summed E-state index contributed by atoms with van der Waals surface area (Å²) in [5, 5.41) is 9.06. The molecular formula is C27H21N5. The minimum Gasteiger partial charge on any atom is -0.300 e. The fourth-order valence-electron chi connectivity index (χ4n) is 4.36.